The van der Waals surface area contributed by atoms with Crippen LogP contribution in [-0.4, -0.2) is 76.0 Å². The van der Waals surface area contributed by atoms with Crippen LogP contribution < -0.4 is 15.7 Å². The van der Waals surface area contributed by atoms with Crippen molar-refractivity contribution in [1.82, 2.24) is 10.3 Å². The van der Waals surface area contributed by atoms with E-state index in [1.54, 1.807) is 12.3 Å². The zero-order chi connectivity index (χ0) is 18.5. The third-order valence-electron chi connectivity index (χ3n) is 5.23. The first-order chi connectivity index (χ1) is 12.6. The Morgan fingerprint density at radius 2 is 2.23 bits per heavy atom. The van der Waals surface area contributed by atoms with Crippen molar-refractivity contribution in [2.75, 3.05) is 44.9 Å². The zero-order valence-electron chi connectivity index (χ0n) is 15.2. The van der Waals surface area contributed by atoms with Crippen LogP contribution in [0.15, 0.2) is 12.3 Å². The molecule has 0 amide bonds. The first-order valence-corrected chi connectivity index (χ1v) is 9.15. The van der Waals surface area contributed by atoms with Gasteiger partial charge in [0.05, 0.1) is 7.11 Å². The van der Waals surface area contributed by atoms with Crippen LogP contribution in [0, 0.1) is 5.92 Å². The fraction of sp³-hybridized carbons (Fsp3) is 0.667. The summed E-state index contributed by atoms with van der Waals surface area (Å²) in [4.78, 5) is 18.5. The number of methoxy groups -OCH3 is 1. The maximum Gasteiger partial charge on any atom is 0.341 e. The van der Waals surface area contributed by atoms with Gasteiger partial charge < -0.3 is 24.8 Å². The third kappa shape index (κ3) is 4.36. The Kier molecular flexibility index (Phi) is 6.50. The molecule has 2 radical (unpaired) electrons. The van der Waals surface area contributed by atoms with Crippen molar-refractivity contribution in [3.63, 3.8) is 0 Å². The highest BCUT2D eigenvalue weighted by Crippen LogP contribution is 2.26. The number of ether oxygens (including phenoxy) is 2. The van der Waals surface area contributed by atoms with Crippen LogP contribution in [0.2, 0.25) is 0 Å². The second-order valence-electron chi connectivity index (χ2n) is 6.97. The molecule has 1 aromatic rings. The summed E-state index contributed by atoms with van der Waals surface area (Å²) < 4.78 is 10.3. The predicted molar refractivity (Wildman–Crippen MR) is 99.1 cm³/mol. The van der Waals surface area contributed by atoms with Crippen LogP contribution in [0.5, 0.6) is 0 Å². The molecule has 0 spiro atoms. The summed E-state index contributed by atoms with van der Waals surface area (Å²) in [5.74, 6) is 0.174. The van der Waals surface area contributed by atoms with E-state index in [9.17, 15) is 9.90 Å². The molecule has 2 saturated heterocycles. The van der Waals surface area contributed by atoms with E-state index < -0.39 is 5.97 Å². The van der Waals surface area contributed by atoms with Gasteiger partial charge in [0, 0.05) is 57.1 Å². The van der Waals surface area contributed by atoms with E-state index in [-0.39, 0.29) is 18.6 Å². The Balaban J connectivity index is 1.71. The van der Waals surface area contributed by atoms with Gasteiger partial charge in [-0.05, 0) is 25.3 Å². The number of carbonyl (C=O) groups excluding carboxylic acids is 1. The topological polar surface area (TPSA) is 83.9 Å². The summed E-state index contributed by atoms with van der Waals surface area (Å²) in [7, 11) is 7.12. The lowest BCUT2D eigenvalue weighted by molar-refractivity contribution is 0.0600. The molecule has 2 aliphatic heterocycles. The van der Waals surface area contributed by atoms with Gasteiger partial charge in [-0.1, -0.05) is 5.46 Å². The number of rotatable bonds is 5. The van der Waals surface area contributed by atoms with Crippen molar-refractivity contribution in [3.8, 4) is 0 Å². The van der Waals surface area contributed by atoms with E-state index >= 15 is 0 Å². The molecule has 0 bridgehead atoms. The van der Waals surface area contributed by atoms with Crippen molar-refractivity contribution in [3.05, 3.63) is 17.8 Å². The number of aliphatic hydroxyl groups is 1. The molecule has 3 rings (SSSR count). The third-order valence-corrected chi connectivity index (χ3v) is 5.23. The molecule has 2 fully saturated rings. The highest BCUT2D eigenvalue weighted by molar-refractivity contribution is 6.32. The van der Waals surface area contributed by atoms with Gasteiger partial charge in [-0.2, -0.15) is 0 Å². The molecule has 7 nitrogen and oxygen atoms in total. The Morgan fingerprint density at radius 1 is 1.46 bits per heavy atom. The van der Waals surface area contributed by atoms with Crippen LogP contribution in [0.3, 0.4) is 0 Å². The lowest BCUT2D eigenvalue weighted by Gasteiger charge is -2.41. The smallest absolute Gasteiger partial charge is 0.341 e. The molecule has 2 unspecified atom stereocenters. The predicted octanol–water partition coefficient (Wildman–Crippen LogP) is -0.382. The first kappa shape index (κ1) is 19.1. The van der Waals surface area contributed by atoms with Gasteiger partial charge in [0.1, 0.15) is 19.2 Å². The molecular weight excluding hydrogens is 333 g/mol. The fourth-order valence-corrected chi connectivity index (χ4v) is 3.78. The summed E-state index contributed by atoms with van der Waals surface area (Å²) >= 11 is 0. The van der Waals surface area contributed by atoms with Gasteiger partial charge in [-0.3, -0.25) is 0 Å². The number of esters is 1. The number of carbonyl (C=O) groups is 1. The van der Waals surface area contributed by atoms with Crippen molar-refractivity contribution < 1.29 is 19.4 Å². The molecule has 1 aromatic heterocycles. The van der Waals surface area contributed by atoms with Crippen LogP contribution in [0.1, 0.15) is 29.6 Å². The van der Waals surface area contributed by atoms with Crippen LogP contribution in [0.25, 0.3) is 0 Å². The standard InChI is InChI=1S/C18H26BN3O4/c1-25-18(24)15-8-13(19)9-20-17(15)22-5-2-16(12(10-22)11-23)21-14-3-6-26-7-4-14/h8-9,12,14,16,21,23H,2-7,10-11H2,1H3. The molecule has 3 heterocycles. The molecule has 0 aliphatic carbocycles. The number of aromatic nitrogens is 1. The maximum atomic E-state index is 12.1. The Labute approximate surface area is 155 Å². The minimum atomic E-state index is -0.456. The summed E-state index contributed by atoms with van der Waals surface area (Å²) in [5.41, 5.74) is 0.781. The second kappa shape index (κ2) is 8.84. The molecule has 2 atom stereocenters. The Hall–Kier alpha value is -1.64. The minimum Gasteiger partial charge on any atom is -0.465 e. The van der Waals surface area contributed by atoms with Crippen molar-refractivity contribution in [2.45, 2.75) is 31.3 Å². The second-order valence-corrected chi connectivity index (χ2v) is 6.97. The number of nitrogens with one attached hydrogen (secondary N) is 1. The zero-order valence-corrected chi connectivity index (χ0v) is 15.2. The molecule has 2 N–H and O–H groups in total. The van der Waals surface area contributed by atoms with Gasteiger partial charge >= 0.3 is 5.97 Å². The maximum absolute atomic E-state index is 12.1. The molecule has 0 saturated carbocycles. The number of pyridine rings is 1. The van der Waals surface area contributed by atoms with Gasteiger partial charge in [0.15, 0.2) is 0 Å². The van der Waals surface area contributed by atoms with Crippen LogP contribution in [-0.2, 0) is 9.47 Å². The van der Waals surface area contributed by atoms with E-state index in [1.165, 1.54) is 7.11 Å². The van der Waals surface area contributed by atoms with Crippen LogP contribution in [0.4, 0.5) is 5.82 Å². The number of nitrogens with zero attached hydrogens (tertiary/aromatic N) is 2. The number of piperidine rings is 1. The summed E-state index contributed by atoms with van der Waals surface area (Å²) in [6.07, 6.45) is 4.42. The largest absolute Gasteiger partial charge is 0.465 e. The van der Waals surface area contributed by atoms with Crippen molar-refractivity contribution >= 4 is 25.1 Å². The van der Waals surface area contributed by atoms with Crippen LogP contribution >= 0.6 is 0 Å². The van der Waals surface area contributed by atoms with E-state index in [1.807, 2.05) is 4.90 Å². The monoisotopic (exact) mass is 359 g/mol. The molecule has 8 heteroatoms. The van der Waals surface area contributed by atoms with Gasteiger partial charge in [0.2, 0.25) is 0 Å². The molecule has 0 aromatic carbocycles. The number of hydrogen-bond donors (Lipinski definition) is 2. The normalized spacial score (nSPS) is 24.5. The SMILES string of the molecule is [B]c1cnc(N2CCC(NC3CCOCC3)C(CO)C2)c(C(=O)OC)c1. The summed E-state index contributed by atoms with van der Waals surface area (Å²) in [5, 5.41) is 13.6. The quantitative estimate of drug-likeness (QED) is 0.548. The van der Waals surface area contributed by atoms with Crippen molar-refractivity contribution in [2.24, 2.45) is 5.92 Å². The lowest BCUT2D eigenvalue weighted by Crippen LogP contribution is -2.54. The summed E-state index contributed by atoms with van der Waals surface area (Å²) in [6.45, 7) is 3.03. The van der Waals surface area contributed by atoms with E-state index in [2.05, 4.69) is 10.3 Å². The van der Waals surface area contributed by atoms with Gasteiger partial charge in [-0.25, -0.2) is 9.78 Å². The number of anilines is 1. The average molecular weight is 359 g/mol. The fourth-order valence-electron chi connectivity index (χ4n) is 3.78. The van der Waals surface area contributed by atoms with Gasteiger partial charge in [-0.15, -0.1) is 0 Å². The first-order valence-electron chi connectivity index (χ1n) is 9.15. The average Bonchev–Trinajstić information content (AvgIpc) is 2.68. The highest BCUT2D eigenvalue weighted by Gasteiger charge is 2.32. The van der Waals surface area contributed by atoms with Crippen molar-refractivity contribution in [1.29, 1.82) is 0 Å². The van der Waals surface area contributed by atoms with E-state index in [4.69, 9.17) is 17.3 Å². The number of aliphatic hydroxyl groups excluding tert-OH is 1. The molecule has 26 heavy (non-hydrogen) atoms. The van der Waals surface area contributed by atoms with Gasteiger partial charge in [0.25, 0.3) is 0 Å². The van der Waals surface area contributed by atoms with E-state index in [0.717, 1.165) is 39.0 Å². The number of hydrogen-bond acceptors (Lipinski definition) is 7. The Bertz CT molecular complexity index is 624. The molecule has 140 valence electrons. The molecular formula is C18H26BN3O4. The van der Waals surface area contributed by atoms with E-state index in [0.29, 0.717) is 29.4 Å². The minimum absolute atomic E-state index is 0.0662. The summed E-state index contributed by atoms with van der Waals surface area (Å²) in [6, 6.07) is 2.28. The Morgan fingerprint density at radius 3 is 2.92 bits per heavy atom. The molecule has 2 aliphatic rings. The lowest BCUT2D eigenvalue weighted by atomic mass is 9.90. The highest BCUT2D eigenvalue weighted by atomic mass is 16.5.